The summed E-state index contributed by atoms with van der Waals surface area (Å²) in [5.74, 6) is -0.868. The highest BCUT2D eigenvalue weighted by molar-refractivity contribution is 6.31. The summed E-state index contributed by atoms with van der Waals surface area (Å²) in [5, 5.41) is 11.7. The van der Waals surface area contributed by atoms with Gasteiger partial charge in [-0.15, -0.1) is 0 Å². The molecule has 2 N–H and O–H groups in total. The molecule has 0 unspecified atom stereocenters. The number of hydrogen-bond donors (Lipinski definition) is 2. The Morgan fingerprint density at radius 2 is 2.31 bits per heavy atom. The fraction of sp³-hybridized carbons (Fsp3) is 0.364. The molecule has 5 heteroatoms. The Bertz CT molecular complexity index is 362. The van der Waals surface area contributed by atoms with Crippen molar-refractivity contribution in [2.24, 2.45) is 0 Å². The minimum atomic E-state index is -0.625. The maximum absolute atomic E-state index is 13.3. The van der Waals surface area contributed by atoms with E-state index in [9.17, 15) is 9.18 Å². The van der Waals surface area contributed by atoms with E-state index in [-0.39, 0.29) is 29.5 Å². The van der Waals surface area contributed by atoms with Crippen LogP contribution in [-0.2, 0) is 11.2 Å². The summed E-state index contributed by atoms with van der Waals surface area (Å²) >= 11 is 5.77. The number of rotatable bonds is 4. The van der Waals surface area contributed by atoms with Gasteiger partial charge in [0.1, 0.15) is 5.82 Å². The normalized spacial score (nSPS) is 12.2. The van der Waals surface area contributed by atoms with E-state index in [1.807, 2.05) is 0 Å². The predicted octanol–water partition coefficient (Wildman–Crippen LogP) is 1.52. The summed E-state index contributed by atoms with van der Waals surface area (Å²) in [6.45, 7) is 1.70. The smallest absolute Gasteiger partial charge is 0.224 e. The molecule has 0 aliphatic rings. The molecule has 16 heavy (non-hydrogen) atoms. The second-order valence-corrected chi connectivity index (χ2v) is 3.94. The largest absolute Gasteiger partial charge is 0.392 e. The van der Waals surface area contributed by atoms with Crippen molar-refractivity contribution in [2.75, 3.05) is 6.54 Å². The monoisotopic (exact) mass is 245 g/mol. The molecule has 0 heterocycles. The zero-order valence-corrected chi connectivity index (χ0v) is 9.59. The van der Waals surface area contributed by atoms with Crippen LogP contribution in [0.4, 0.5) is 4.39 Å². The van der Waals surface area contributed by atoms with Crippen LogP contribution in [-0.4, -0.2) is 23.7 Å². The van der Waals surface area contributed by atoms with Crippen LogP contribution in [0, 0.1) is 5.82 Å². The summed E-state index contributed by atoms with van der Waals surface area (Å²) in [5.41, 5.74) is 0.173. The molecule has 0 aromatic heterocycles. The van der Waals surface area contributed by atoms with Crippen LogP contribution in [0.5, 0.6) is 0 Å². The quantitative estimate of drug-likeness (QED) is 0.845. The van der Waals surface area contributed by atoms with Gasteiger partial charge in [-0.05, 0) is 19.1 Å². The van der Waals surface area contributed by atoms with Gasteiger partial charge in [-0.2, -0.15) is 0 Å². The van der Waals surface area contributed by atoms with Gasteiger partial charge in [0.2, 0.25) is 5.91 Å². The van der Waals surface area contributed by atoms with Crippen LogP contribution >= 0.6 is 11.6 Å². The number of hydrogen-bond acceptors (Lipinski definition) is 2. The molecule has 0 spiro atoms. The summed E-state index contributed by atoms with van der Waals surface area (Å²) in [6.07, 6.45) is -0.752. The lowest BCUT2D eigenvalue weighted by Crippen LogP contribution is -2.31. The highest BCUT2D eigenvalue weighted by Crippen LogP contribution is 2.19. The average molecular weight is 246 g/mol. The van der Waals surface area contributed by atoms with E-state index in [0.717, 1.165) is 0 Å². The number of aliphatic hydroxyl groups is 1. The number of amides is 1. The molecule has 1 atom stereocenters. The van der Waals surface area contributed by atoms with Gasteiger partial charge in [0.25, 0.3) is 0 Å². The molecule has 0 aliphatic carbocycles. The van der Waals surface area contributed by atoms with E-state index in [1.54, 1.807) is 6.92 Å². The number of nitrogens with one attached hydrogen (secondary N) is 1. The minimum absolute atomic E-state index is 0.127. The van der Waals surface area contributed by atoms with Crippen molar-refractivity contribution in [1.82, 2.24) is 5.32 Å². The highest BCUT2D eigenvalue weighted by Gasteiger charge is 2.11. The molecular weight excluding hydrogens is 233 g/mol. The van der Waals surface area contributed by atoms with Crippen molar-refractivity contribution in [3.63, 3.8) is 0 Å². The van der Waals surface area contributed by atoms with Crippen molar-refractivity contribution < 1.29 is 14.3 Å². The Hall–Kier alpha value is -1.13. The Morgan fingerprint density at radius 1 is 1.62 bits per heavy atom. The molecule has 3 nitrogen and oxygen atoms in total. The standard InChI is InChI=1S/C11H13ClFNO2/c1-7(15)6-14-11(16)5-8-9(12)3-2-4-10(8)13/h2-4,7,15H,5-6H2,1H3,(H,14,16)/t7-/m1/s1. The van der Waals surface area contributed by atoms with Crippen LogP contribution in [0.15, 0.2) is 18.2 Å². The lowest BCUT2D eigenvalue weighted by molar-refractivity contribution is -0.120. The van der Waals surface area contributed by atoms with Gasteiger partial charge >= 0.3 is 0 Å². The minimum Gasteiger partial charge on any atom is -0.392 e. The SMILES string of the molecule is C[C@@H](O)CNC(=O)Cc1c(F)cccc1Cl. The molecule has 1 aromatic rings. The van der Waals surface area contributed by atoms with E-state index in [0.29, 0.717) is 0 Å². The fourth-order valence-corrected chi connectivity index (χ4v) is 1.42. The summed E-state index contributed by atoms with van der Waals surface area (Å²) in [4.78, 5) is 11.4. The van der Waals surface area contributed by atoms with Gasteiger partial charge in [-0.3, -0.25) is 4.79 Å². The first-order chi connectivity index (χ1) is 7.50. The van der Waals surface area contributed by atoms with Crippen molar-refractivity contribution in [2.45, 2.75) is 19.4 Å². The molecule has 0 saturated carbocycles. The summed E-state index contributed by atoms with van der Waals surface area (Å²) in [6, 6.07) is 4.26. The number of halogens is 2. The van der Waals surface area contributed by atoms with Gasteiger partial charge < -0.3 is 10.4 Å². The molecule has 1 rings (SSSR count). The molecule has 0 bridgehead atoms. The predicted molar refractivity (Wildman–Crippen MR) is 59.8 cm³/mol. The maximum Gasteiger partial charge on any atom is 0.224 e. The van der Waals surface area contributed by atoms with Crippen molar-refractivity contribution >= 4 is 17.5 Å². The zero-order chi connectivity index (χ0) is 12.1. The Morgan fingerprint density at radius 3 is 2.88 bits per heavy atom. The fourth-order valence-electron chi connectivity index (χ4n) is 1.19. The van der Waals surface area contributed by atoms with Crippen molar-refractivity contribution in [3.8, 4) is 0 Å². The third-order valence-corrected chi connectivity index (χ3v) is 2.35. The lowest BCUT2D eigenvalue weighted by atomic mass is 10.1. The van der Waals surface area contributed by atoms with Gasteiger partial charge in [0, 0.05) is 17.1 Å². The van der Waals surface area contributed by atoms with E-state index in [2.05, 4.69) is 5.32 Å². The van der Waals surface area contributed by atoms with Gasteiger partial charge in [0.15, 0.2) is 0 Å². The molecule has 0 fully saturated rings. The highest BCUT2D eigenvalue weighted by atomic mass is 35.5. The Kier molecular flexibility index (Phi) is 4.71. The Balaban J connectivity index is 2.63. The lowest BCUT2D eigenvalue weighted by Gasteiger charge is -2.08. The average Bonchev–Trinajstić information content (AvgIpc) is 2.21. The molecule has 0 radical (unpaired) electrons. The van der Waals surface area contributed by atoms with Crippen LogP contribution in [0.3, 0.4) is 0 Å². The molecule has 88 valence electrons. The molecular formula is C11H13ClFNO2. The second-order valence-electron chi connectivity index (χ2n) is 3.53. The zero-order valence-electron chi connectivity index (χ0n) is 8.84. The van der Waals surface area contributed by atoms with E-state index >= 15 is 0 Å². The maximum atomic E-state index is 13.3. The van der Waals surface area contributed by atoms with Gasteiger partial charge in [-0.1, -0.05) is 17.7 Å². The van der Waals surface area contributed by atoms with Gasteiger partial charge in [0.05, 0.1) is 12.5 Å². The van der Waals surface area contributed by atoms with Crippen LogP contribution in [0.25, 0.3) is 0 Å². The molecule has 0 aliphatic heterocycles. The van der Waals surface area contributed by atoms with Crippen LogP contribution < -0.4 is 5.32 Å². The first kappa shape index (κ1) is 12.9. The molecule has 1 aromatic carbocycles. The summed E-state index contributed by atoms with van der Waals surface area (Å²) in [7, 11) is 0. The second kappa shape index (κ2) is 5.82. The third-order valence-electron chi connectivity index (χ3n) is 1.99. The third kappa shape index (κ3) is 3.79. The first-order valence-electron chi connectivity index (χ1n) is 4.88. The van der Waals surface area contributed by atoms with Gasteiger partial charge in [-0.25, -0.2) is 4.39 Å². The van der Waals surface area contributed by atoms with E-state index in [1.165, 1.54) is 18.2 Å². The Labute approximate surface area is 98.2 Å². The van der Waals surface area contributed by atoms with E-state index in [4.69, 9.17) is 16.7 Å². The molecule has 1 amide bonds. The van der Waals surface area contributed by atoms with Crippen LogP contribution in [0.2, 0.25) is 5.02 Å². The number of carbonyl (C=O) groups excluding carboxylic acids is 1. The summed E-state index contributed by atoms with van der Waals surface area (Å²) < 4.78 is 13.3. The number of aliphatic hydroxyl groups excluding tert-OH is 1. The molecule has 0 saturated heterocycles. The number of carbonyl (C=O) groups is 1. The first-order valence-corrected chi connectivity index (χ1v) is 5.26. The van der Waals surface area contributed by atoms with Crippen molar-refractivity contribution in [1.29, 1.82) is 0 Å². The van der Waals surface area contributed by atoms with Crippen molar-refractivity contribution in [3.05, 3.63) is 34.6 Å². The number of benzene rings is 1. The van der Waals surface area contributed by atoms with E-state index < -0.39 is 11.9 Å². The van der Waals surface area contributed by atoms with Crippen LogP contribution in [0.1, 0.15) is 12.5 Å². The topological polar surface area (TPSA) is 49.3 Å².